The number of aryl methyl sites for hydroxylation is 1. The Morgan fingerprint density at radius 3 is 2.60 bits per heavy atom. The lowest BCUT2D eigenvalue weighted by Crippen LogP contribution is -2.32. The minimum Gasteiger partial charge on any atom is -0.337 e. The van der Waals surface area contributed by atoms with Gasteiger partial charge in [0.05, 0.1) is 10.6 Å². The molecule has 2 rings (SSSR count). The first-order valence-corrected chi connectivity index (χ1v) is 7.92. The van der Waals surface area contributed by atoms with E-state index < -0.39 is 0 Å². The lowest BCUT2D eigenvalue weighted by molar-refractivity contribution is 0.0749. The molecule has 0 aliphatic rings. The second-order valence-corrected chi connectivity index (χ2v) is 5.76. The number of aromatic nitrogens is 2. The molecule has 2 heterocycles. The first-order valence-electron chi connectivity index (χ1n) is 7.04. The van der Waals surface area contributed by atoms with Crippen LogP contribution >= 0.6 is 11.3 Å². The molecule has 0 radical (unpaired) electrons. The zero-order chi connectivity index (χ0) is 14.5. The highest BCUT2D eigenvalue weighted by molar-refractivity contribution is 7.13. The van der Waals surface area contributed by atoms with Gasteiger partial charge in [-0.1, -0.05) is 19.9 Å². The van der Waals surface area contributed by atoms with E-state index >= 15 is 0 Å². The van der Waals surface area contributed by atoms with Crippen molar-refractivity contribution in [3.05, 3.63) is 29.3 Å². The van der Waals surface area contributed by atoms with Crippen molar-refractivity contribution in [2.45, 2.75) is 26.7 Å². The number of hydrogen-bond donors (Lipinski definition) is 0. The summed E-state index contributed by atoms with van der Waals surface area (Å²) in [6.07, 6.45) is 1.94. The summed E-state index contributed by atoms with van der Waals surface area (Å²) in [7, 11) is 1.88. The van der Waals surface area contributed by atoms with Gasteiger partial charge < -0.3 is 4.90 Å². The Balaban J connectivity index is 2.24. The van der Waals surface area contributed by atoms with E-state index in [4.69, 9.17) is 0 Å². The van der Waals surface area contributed by atoms with E-state index in [1.165, 1.54) is 0 Å². The lowest BCUT2D eigenvalue weighted by atomic mass is 10.2. The largest absolute Gasteiger partial charge is 0.337 e. The van der Waals surface area contributed by atoms with Gasteiger partial charge in [-0.25, -0.2) is 0 Å². The van der Waals surface area contributed by atoms with E-state index in [1.807, 2.05) is 35.5 Å². The molecule has 0 aromatic carbocycles. The van der Waals surface area contributed by atoms with Crippen LogP contribution in [-0.4, -0.2) is 33.7 Å². The third-order valence-electron chi connectivity index (χ3n) is 3.15. The van der Waals surface area contributed by atoms with Crippen LogP contribution in [0, 0.1) is 0 Å². The highest BCUT2D eigenvalue weighted by atomic mass is 32.1. The number of rotatable bonds is 6. The molecule has 0 N–H and O–H groups in total. The summed E-state index contributed by atoms with van der Waals surface area (Å²) in [4.78, 5) is 15.5. The van der Waals surface area contributed by atoms with Gasteiger partial charge in [0.2, 0.25) is 0 Å². The molecule has 0 atom stereocenters. The van der Waals surface area contributed by atoms with Gasteiger partial charge in [-0.2, -0.15) is 5.10 Å². The van der Waals surface area contributed by atoms with Crippen molar-refractivity contribution in [1.29, 1.82) is 0 Å². The van der Waals surface area contributed by atoms with Crippen molar-refractivity contribution < 1.29 is 4.79 Å². The quantitative estimate of drug-likeness (QED) is 0.818. The van der Waals surface area contributed by atoms with E-state index in [-0.39, 0.29) is 5.91 Å². The third kappa shape index (κ3) is 3.10. The summed E-state index contributed by atoms with van der Waals surface area (Å²) in [6.45, 7) is 5.76. The SMILES string of the molecule is CCCN(CCC)C(=O)c1cc(-c2cccs2)n(C)n1. The molecular formula is C15H21N3OS. The number of amides is 1. The number of carbonyl (C=O) groups excluding carboxylic acids is 1. The molecule has 0 saturated heterocycles. The van der Waals surface area contributed by atoms with E-state index in [1.54, 1.807) is 16.0 Å². The second-order valence-electron chi connectivity index (χ2n) is 4.81. The van der Waals surface area contributed by atoms with E-state index in [2.05, 4.69) is 18.9 Å². The van der Waals surface area contributed by atoms with Crippen LogP contribution in [0.15, 0.2) is 23.6 Å². The highest BCUT2D eigenvalue weighted by Gasteiger charge is 2.19. The molecule has 2 aromatic rings. The monoisotopic (exact) mass is 291 g/mol. The molecule has 0 fully saturated rings. The van der Waals surface area contributed by atoms with Gasteiger partial charge in [-0.05, 0) is 30.4 Å². The van der Waals surface area contributed by atoms with Gasteiger partial charge in [0, 0.05) is 20.1 Å². The van der Waals surface area contributed by atoms with Gasteiger partial charge in [0.25, 0.3) is 5.91 Å². The predicted molar refractivity (Wildman–Crippen MR) is 83.0 cm³/mol. The maximum Gasteiger partial charge on any atom is 0.274 e. The number of hydrogen-bond acceptors (Lipinski definition) is 3. The fourth-order valence-corrected chi connectivity index (χ4v) is 3.02. The molecular weight excluding hydrogens is 270 g/mol. The standard InChI is InChI=1S/C15H21N3OS/c1-4-8-18(9-5-2)15(19)12-11-13(17(3)16-12)14-7-6-10-20-14/h6-7,10-11H,4-5,8-9H2,1-3H3. The molecule has 0 aliphatic heterocycles. The maximum absolute atomic E-state index is 12.5. The molecule has 2 aromatic heterocycles. The second kappa shape index (κ2) is 6.70. The molecule has 0 bridgehead atoms. The molecule has 0 aliphatic carbocycles. The molecule has 0 unspecified atom stereocenters. The van der Waals surface area contributed by atoms with Gasteiger partial charge in [-0.15, -0.1) is 11.3 Å². The fourth-order valence-electron chi connectivity index (χ4n) is 2.24. The molecule has 0 saturated carbocycles. The Morgan fingerprint density at radius 1 is 1.35 bits per heavy atom. The minimum atomic E-state index is 0.0344. The Hall–Kier alpha value is -1.62. The summed E-state index contributed by atoms with van der Waals surface area (Å²) in [5.41, 5.74) is 1.54. The molecule has 20 heavy (non-hydrogen) atoms. The van der Waals surface area contributed by atoms with Gasteiger partial charge >= 0.3 is 0 Å². The van der Waals surface area contributed by atoms with Gasteiger partial charge in [0.1, 0.15) is 0 Å². The predicted octanol–water partition coefficient (Wildman–Crippen LogP) is 3.41. The van der Waals surface area contributed by atoms with Crippen LogP contribution in [0.5, 0.6) is 0 Å². The number of carbonyl (C=O) groups is 1. The Morgan fingerprint density at radius 2 is 2.05 bits per heavy atom. The smallest absolute Gasteiger partial charge is 0.274 e. The van der Waals surface area contributed by atoms with Crippen LogP contribution in [0.3, 0.4) is 0 Å². The van der Waals surface area contributed by atoms with Crippen molar-refractivity contribution in [2.75, 3.05) is 13.1 Å². The fraction of sp³-hybridized carbons (Fsp3) is 0.467. The summed E-state index contributed by atoms with van der Waals surface area (Å²) in [5.74, 6) is 0.0344. The summed E-state index contributed by atoms with van der Waals surface area (Å²) >= 11 is 1.66. The van der Waals surface area contributed by atoms with Crippen molar-refractivity contribution in [1.82, 2.24) is 14.7 Å². The topological polar surface area (TPSA) is 38.1 Å². The Kier molecular flexibility index (Phi) is 4.95. The summed E-state index contributed by atoms with van der Waals surface area (Å²) in [5, 5.41) is 6.42. The normalized spacial score (nSPS) is 10.8. The first-order chi connectivity index (χ1) is 9.67. The third-order valence-corrected chi connectivity index (χ3v) is 4.04. The highest BCUT2D eigenvalue weighted by Crippen LogP contribution is 2.25. The summed E-state index contributed by atoms with van der Waals surface area (Å²) in [6, 6.07) is 5.95. The zero-order valence-corrected chi connectivity index (χ0v) is 13.1. The first kappa shape index (κ1) is 14.8. The molecule has 108 valence electrons. The average Bonchev–Trinajstić information content (AvgIpc) is 3.06. The maximum atomic E-state index is 12.5. The lowest BCUT2D eigenvalue weighted by Gasteiger charge is -2.20. The molecule has 5 heteroatoms. The number of thiophene rings is 1. The summed E-state index contributed by atoms with van der Waals surface area (Å²) < 4.78 is 1.79. The van der Waals surface area contributed by atoms with Crippen LogP contribution in [0.1, 0.15) is 37.2 Å². The number of nitrogens with zero attached hydrogens (tertiary/aromatic N) is 3. The van der Waals surface area contributed by atoms with Crippen molar-refractivity contribution >= 4 is 17.2 Å². The van der Waals surface area contributed by atoms with Crippen LogP contribution in [0.25, 0.3) is 10.6 Å². The zero-order valence-electron chi connectivity index (χ0n) is 12.3. The van der Waals surface area contributed by atoms with Crippen molar-refractivity contribution in [2.24, 2.45) is 7.05 Å². The van der Waals surface area contributed by atoms with Crippen LogP contribution in [-0.2, 0) is 7.05 Å². The Labute approximate surface area is 124 Å². The van der Waals surface area contributed by atoms with Gasteiger partial charge in [0.15, 0.2) is 5.69 Å². The van der Waals surface area contributed by atoms with E-state index in [0.29, 0.717) is 5.69 Å². The van der Waals surface area contributed by atoms with Crippen LogP contribution in [0.4, 0.5) is 0 Å². The van der Waals surface area contributed by atoms with Crippen molar-refractivity contribution in [3.63, 3.8) is 0 Å². The van der Waals surface area contributed by atoms with Crippen molar-refractivity contribution in [3.8, 4) is 10.6 Å². The minimum absolute atomic E-state index is 0.0344. The van der Waals surface area contributed by atoms with E-state index in [0.717, 1.165) is 36.5 Å². The molecule has 1 amide bonds. The van der Waals surface area contributed by atoms with Crippen LogP contribution in [0.2, 0.25) is 0 Å². The Bertz CT molecular complexity index is 554. The molecule has 0 spiro atoms. The van der Waals surface area contributed by atoms with Crippen LogP contribution < -0.4 is 0 Å². The van der Waals surface area contributed by atoms with Gasteiger partial charge in [-0.3, -0.25) is 9.48 Å². The molecule has 4 nitrogen and oxygen atoms in total. The van der Waals surface area contributed by atoms with E-state index in [9.17, 15) is 4.79 Å². The average molecular weight is 291 g/mol.